The molecule has 13 heteroatoms. The van der Waals surface area contributed by atoms with Crippen LogP contribution in [0.25, 0.3) is 0 Å². The van der Waals surface area contributed by atoms with E-state index in [1.165, 1.54) is 6.92 Å². The van der Waals surface area contributed by atoms with E-state index in [0.717, 1.165) is 0 Å². The van der Waals surface area contributed by atoms with E-state index < -0.39 is 72.9 Å². The molecule has 0 bridgehead atoms. The molecule has 31 heavy (non-hydrogen) atoms. The zero-order valence-corrected chi connectivity index (χ0v) is 17.4. The van der Waals surface area contributed by atoms with Crippen LogP contribution in [0.5, 0.6) is 0 Å². The Bertz CT molecular complexity index is 654. The van der Waals surface area contributed by atoms with Crippen molar-refractivity contribution in [2.75, 3.05) is 13.2 Å². The Balaban J connectivity index is 1.73. The summed E-state index contributed by atoms with van der Waals surface area (Å²) in [6, 6.07) is -3.82. The van der Waals surface area contributed by atoms with Gasteiger partial charge in [-0.05, 0) is 19.4 Å². The van der Waals surface area contributed by atoms with Gasteiger partial charge in [-0.2, -0.15) is 0 Å². The lowest BCUT2D eigenvalue weighted by Crippen LogP contribution is -2.72. The highest BCUT2D eigenvalue weighted by Crippen LogP contribution is 2.31. The van der Waals surface area contributed by atoms with E-state index in [-0.39, 0.29) is 13.2 Å². The smallest absolute Gasteiger partial charge is 0.215 e. The van der Waals surface area contributed by atoms with Crippen LogP contribution in [0.1, 0.15) is 13.3 Å². The highest BCUT2D eigenvalue weighted by atomic mass is 16.7. The lowest BCUT2D eigenvalue weighted by atomic mass is 9.82. The Labute approximate surface area is 180 Å². The fraction of sp³-hybridized carbons (Fsp3) is 0.889. The first-order valence-electron chi connectivity index (χ1n) is 10.2. The van der Waals surface area contributed by atoms with Crippen molar-refractivity contribution in [3.05, 3.63) is 11.8 Å². The van der Waals surface area contributed by atoms with Crippen molar-refractivity contribution in [2.24, 2.45) is 28.7 Å². The van der Waals surface area contributed by atoms with Gasteiger partial charge in [-0.25, -0.2) is 0 Å². The Morgan fingerprint density at radius 2 is 1.58 bits per heavy atom. The van der Waals surface area contributed by atoms with Crippen molar-refractivity contribution in [3.63, 3.8) is 0 Å². The predicted octanol–water partition coefficient (Wildman–Crippen LogP) is -5.14. The summed E-state index contributed by atoms with van der Waals surface area (Å²) in [7, 11) is 0. The molecule has 13 nitrogen and oxygen atoms in total. The van der Waals surface area contributed by atoms with Crippen molar-refractivity contribution in [1.29, 1.82) is 0 Å². The first-order chi connectivity index (χ1) is 14.5. The van der Waals surface area contributed by atoms with Crippen LogP contribution in [0.3, 0.4) is 0 Å². The third kappa shape index (κ3) is 4.88. The van der Waals surface area contributed by atoms with Gasteiger partial charge in [0.15, 0.2) is 6.29 Å². The summed E-state index contributed by atoms with van der Waals surface area (Å²) in [4.78, 5) is 0. The number of nitrogens with two attached hydrogens (primary N) is 5. The van der Waals surface area contributed by atoms with Gasteiger partial charge < -0.3 is 68.0 Å². The standard InChI is InChI=1S/C18H35N5O8/c1-18(27)5-28-17(12(26)15(18)23)31-14-9(22)10(24)8(21)13(11(14)25)30-16-7(20)3-2-6(4-19)29-16/h2,7-17,24-27H,3-5,19-23H2,1H3/t7-,8+,9-,10+,11+,12+,13-,14+,15+,16+,17-,18-/m1/s1. The van der Waals surface area contributed by atoms with Crippen LogP contribution in [0.15, 0.2) is 11.8 Å². The molecule has 1 saturated heterocycles. The van der Waals surface area contributed by atoms with Gasteiger partial charge in [0.1, 0.15) is 35.8 Å². The second-order valence-corrected chi connectivity index (χ2v) is 8.65. The molecule has 2 fully saturated rings. The first kappa shape index (κ1) is 24.7. The van der Waals surface area contributed by atoms with Gasteiger partial charge in [-0.3, -0.25) is 0 Å². The quantitative estimate of drug-likeness (QED) is 0.191. The van der Waals surface area contributed by atoms with Gasteiger partial charge in [-0.1, -0.05) is 0 Å². The highest BCUT2D eigenvalue weighted by molar-refractivity contribution is 5.07. The van der Waals surface area contributed by atoms with Gasteiger partial charge in [0.05, 0.1) is 43.4 Å². The molecule has 3 rings (SSSR count). The average Bonchev–Trinajstić information content (AvgIpc) is 2.74. The van der Waals surface area contributed by atoms with Gasteiger partial charge in [0, 0.05) is 0 Å². The Kier molecular flexibility index (Phi) is 7.57. The summed E-state index contributed by atoms with van der Waals surface area (Å²) >= 11 is 0. The van der Waals surface area contributed by atoms with Gasteiger partial charge >= 0.3 is 0 Å². The molecule has 14 N–H and O–H groups in total. The van der Waals surface area contributed by atoms with E-state index >= 15 is 0 Å². The van der Waals surface area contributed by atoms with E-state index in [1.807, 2.05) is 0 Å². The van der Waals surface area contributed by atoms with Crippen molar-refractivity contribution < 1.29 is 39.4 Å². The molecule has 0 spiro atoms. The Morgan fingerprint density at radius 3 is 2.16 bits per heavy atom. The first-order valence-corrected chi connectivity index (χ1v) is 10.2. The van der Waals surface area contributed by atoms with E-state index in [4.69, 9.17) is 47.6 Å². The highest BCUT2D eigenvalue weighted by Gasteiger charge is 2.53. The molecule has 0 unspecified atom stereocenters. The summed E-state index contributed by atoms with van der Waals surface area (Å²) < 4.78 is 22.5. The molecule has 180 valence electrons. The normalized spacial score (nSPS) is 51.2. The number of aliphatic hydroxyl groups excluding tert-OH is 3. The number of hydrogen-bond acceptors (Lipinski definition) is 13. The van der Waals surface area contributed by atoms with Crippen molar-refractivity contribution >= 4 is 0 Å². The molecule has 0 aromatic rings. The van der Waals surface area contributed by atoms with Crippen molar-refractivity contribution in [1.82, 2.24) is 0 Å². The maximum Gasteiger partial charge on any atom is 0.215 e. The second-order valence-electron chi connectivity index (χ2n) is 8.65. The molecule has 2 heterocycles. The number of hydrogen-bond donors (Lipinski definition) is 9. The summed E-state index contributed by atoms with van der Waals surface area (Å²) in [6.45, 7) is 1.35. The lowest BCUT2D eigenvalue weighted by molar-refractivity contribution is -0.306. The molecule has 0 aromatic heterocycles. The summed E-state index contributed by atoms with van der Waals surface area (Å²) in [5, 5.41) is 42.0. The largest absolute Gasteiger partial charge is 0.467 e. The molecule has 0 aromatic carbocycles. The Hall–Kier alpha value is -0.940. The van der Waals surface area contributed by atoms with Crippen LogP contribution in [-0.2, 0) is 18.9 Å². The molecular weight excluding hydrogens is 414 g/mol. The number of ether oxygens (including phenoxy) is 4. The monoisotopic (exact) mass is 449 g/mol. The van der Waals surface area contributed by atoms with Crippen LogP contribution in [0, 0.1) is 0 Å². The molecule has 0 radical (unpaired) electrons. The Morgan fingerprint density at radius 1 is 1.00 bits per heavy atom. The van der Waals surface area contributed by atoms with Crippen LogP contribution in [0.4, 0.5) is 0 Å². The maximum atomic E-state index is 10.9. The minimum absolute atomic E-state index is 0.145. The summed E-state index contributed by atoms with van der Waals surface area (Å²) in [6.07, 6.45) is -6.63. The van der Waals surface area contributed by atoms with Gasteiger partial charge in [0.2, 0.25) is 6.29 Å². The fourth-order valence-electron chi connectivity index (χ4n) is 3.97. The maximum absolute atomic E-state index is 10.9. The molecule has 1 saturated carbocycles. The second kappa shape index (κ2) is 9.51. The molecule has 3 aliphatic rings. The minimum Gasteiger partial charge on any atom is -0.467 e. The average molecular weight is 450 g/mol. The van der Waals surface area contributed by atoms with Crippen LogP contribution < -0.4 is 28.7 Å². The van der Waals surface area contributed by atoms with Crippen LogP contribution in [0.2, 0.25) is 0 Å². The predicted molar refractivity (Wildman–Crippen MR) is 107 cm³/mol. The molecule has 12 atom stereocenters. The van der Waals surface area contributed by atoms with Crippen molar-refractivity contribution in [3.8, 4) is 0 Å². The fourth-order valence-corrected chi connectivity index (χ4v) is 3.97. The summed E-state index contributed by atoms with van der Waals surface area (Å²) in [5.41, 5.74) is 28.2. The third-order valence-electron chi connectivity index (χ3n) is 6.14. The number of aliphatic hydroxyl groups is 4. The molecular formula is C18H35N5O8. The van der Waals surface area contributed by atoms with Crippen molar-refractivity contribution in [2.45, 2.75) is 86.2 Å². The number of rotatable bonds is 5. The molecule has 0 amide bonds. The van der Waals surface area contributed by atoms with E-state index in [9.17, 15) is 20.4 Å². The molecule has 2 aliphatic heterocycles. The van der Waals surface area contributed by atoms with Gasteiger partial charge in [0.25, 0.3) is 0 Å². The molecule has 1 aliphatic carbocycles. The SMILES string of the molecule is C[C@@]1(O)CO[C@H](O[C@H]2[C@H](N)[C@@H](O)[C@H](N)[C@@H](O[C@@H]3OC(CN)=CC[C@H]3N)[C@@H]2O)[C@@H](O)[C@@H]1N. The van der Waals surface area contributed by atoms with Gasteiger partial charge in [-0.15, -0.1) is 0 Å². The van der Waals surface area contributed by atoms with Crippen LogP contribution >= 0.6 is 0 Å². The third-order valence-corrected chi connectivity index (χ3v) is 6.14. The van der Waals surface area contributed by atoms with Crippen LogP contribution in [-0.4, -0.2) is 106 Å². The van der Waals surface area contributed by atoms with E-state index in [0.29, 0.717) is 12.2 Å². The summed E-state index contributed by atoms with van der Waals surface area (Å²) in [5.74, 6) is 0.482. The van der Waals surface area contributed by atoms with E-state index in [1.54, 1.807) is 6.08 Å². The minimum atomic E-state index is -1.47. The zero-order valence-electron chi connectivity index (χ0n) is 17.4. The van der Waals surface area contributed by atoms with E-state index in [2.05, 4.69) is 0 Å². The lowest BCUT2D eigenvalue weighted by Gasteiger charge is -2.49. The topological polar surface area (TPSA) is 248 Å². The zero-order chi connectivity index (χ0) is 23.1.